The van der Waals surface area contributed by atoms with Crippen molar-refractivity contribution < 1.29 is 14.3 Å². The smallest absolute Gasteiger partial charge is 0.270 e. The summed E-state index contributed by atoms with van der Waals surface area (Å²) in [5, 5.41) is 2.87. The van der Waals surface area contributed by atoms with Crippen molar-refractivity contribution in [1.29, 1.82) is 0 Å². The number of fused-ring (bicyclic) bond motifs is 1. The Morgan fingerprint density at radius 2 is 2.19 bits per heavy atom. The zero-order valence-corrected chi connectivity index (χ0v) is 16.3. The lowest BCUT2D eigenvalue weighted by atomic mass is 10.1. The van der Waals surface area contributed by atoms with Crippen molar-refractivity contribution in [1.82, 2.24) is 9.88 Å². The van der Waals surface area contributed by atoms with Gasteiger partial charge in [-0.15, -0.1) is 11.3 Å². The van der Waals surface area contributed by atoms with Crippen LogP contribution in [-0.4, -0.2) is 47.4 Å². The number of carbonyl (C=O) groups is 2. The van der Waals surface area contributed by atoms with E-state index < -0.39 is 0 Å². The van der Waals surface area contributed by atoms with Crippen molar-refractivity contribution >= 4 is 49.9 Å². The van der Waals surface area contributed by atoms with Gasteiger partial charge < -0.3 is 14.6 Å². The summed E-state index contributed by atoms with van der Waals surface area (Å²) in [4.78, 5) is 31.2. The number of carbonyl (C=O) groups excluding carboxylic acids is 2. The molecule has 7 heteroatoms. The monoisotopic (exact) mass is 432 g/mol. The number of nitrogens with one attached hydrogen (secondary N) is 1. The highest BCUT2D eigenvalue weighted by Crippen LogP contribution is 2.23. The van der Waals surface area contributed by atoms with E-state index in [0.717, 1.165) is 20.3 Å². The number of ether oxygens (including phenoxy) is 1. The summed E-state index contributed by atoms with van der Waals surface area (Å²) in [5.41, 5.74) is 1.44. The van der Waals surface area contributed by atoms with Crippen LogP contribution in [0.25, 0.3) is 10.9 Å². The molecule has 1 saturated heterocycles. The molecule has 1 aromatic carbocycles. The largest absolute Gasteiger partial charge is 0.377 e. The molecule has 26 heavy (non-hydrogen) atoms. The second kappa shape index (κ2) is 7.34. The molecule has 1 unspecified atom stereocenters. The van der Waals surface area contributed by atoms with Gasteiger partial charge in [0.1, 0.15) is 5.69 Å². The lowest BCUT2D eigenvalue weighted by Gasteiger charge is -2.35. The predicted octanol–water partition coefficient (Wildman–Crippen LogP) is 4.11. The third kappa shape index (κ3) is 3.47. The van der Waals surface area contributed by atoms with Crippen LogP contribution in [0.3, 0.4) is 0 Å². The highest BCUT2D eigenvalue weighted by Gasteiger charge is 2.31. The van der Waals surface area contributed by atoms with Crippen LogP contribution in [-0.2, 0) is 4.74 Å². The van der Waals surface area contributed by atoms with Crippen LogP contribution in [0.1, 0.15) is 26.6 Å². The summed E-state index contributed by atoms with van der Waals surface area (Å²) >= 11 is 4.87. The Labute approximate surface area is 163 Å². The van der Waals surface area contributed by atoms with E-state index in [2.05, 4.69) is 20.9 Å². The van der Waals surface area contributed by atoms with Crippen molar-refractivity contribution in [3.63, 3.8) is 0 Å². The van der Waals surface area contributed by atoms with Gasteiger partial charge in [-0.05, 0) is 29.6 Å². The van der Waals surface area contributed by atoms with E-state index in [1.165, 1.54) is 11.3 Å². The van der Waals surface area contributed by atoms with Crippen LogP contribution >= 0.6 is 27.3 Å². The summed E-state index contributed by atoms with van der Waals surface area (Å²) in [6, 6.07) is 11.1. The summed E-state index contributed by atoms with van der Waals surface area (Å²) < 4.78 is 6.49. The van der Waals surface area contributed by atoms with Crippen LogP contribution in [0.2, 0.25) is 0 Å². The molecule has 2 aromatic heterocycles. The van der Waals surface area contributed by atoms with Gasteiger partial charge in [0.05, 0.1) is 24.1 Å². The van der Waals surface area contributed by atoms with E-state index in [0.29, 0.717) is 25.5 Å². The Hall–Kier alpha value is -1.96. The molecular formula is C19H17BrN2O3S. The number of ketones is 1. The molecule has 0 radical (unpaired) electrons. The fourth-order valence-corrected chi connectivity index (χ4v) is 4.25. The van der Waals surface area contributed by atoms with Crippen molar-refractivity contribution in [3.05, 3.63) is 56.8 Å². The number of halogens is 1. The van der Waals surface area contributed by atoms with Crippen LogP contribution in [0.5, 0.6) is 0 Å². The van der Waals surface area contributed by atoms with Gasteiger partial charge in [0.2, 0.25) is 0 Å². The molecule has 3 aromatic rings. The first kappa shape index (κ1) is 17.5. The van der Waals surface area contributed by atoms with Gasteiger partial charge in [-0.25, -0.2) is 0 Å². The minimum absolute atomic E-state index is 0.0499. The van der Waals surface area contributed by atoms with Crippen molar-refractivity contribution in [2.24, 2.45) is 0 Å². The number of aromatic nitrogens is 1. The van der Waals surface area contributed by atoms with Gasteiger partial charge in [0.15, 0.2) is 5.78 Å². The molecule has 4 rings (SSSR count). The third-order valence-corrected chi connectivity index (χ3v) is 5.92. The van der Waals surface area contributed by atoms with Crippen molar-refractivity contribution in [3.8, 4) is 0 Å². The number of morpholine rings is 1. The Kier molecular flexibility index (Phi) is 4.93. The van der Waals surface area contributed by atoms with E-state index in [1.807, 2.05) is 41.8 Å². The van der Waals surface area contributed by atoms with Gasteiger partial charge in [-0.3, -0.25) is 9.59 Å². The Bertz CT molecular complexity index is 951. The molecule has 1 aliphatic heterocycles. The topological polar surface area (TPSA) is 62.4 Å². The number of nitrogens with zero attached hydrogens (tertiary/aromatic N) is 1. The minimum Gasteiger partial charge on any atom is -0.377 e. The molecule has 1 atom stereocenters. The van der Waals surface area contributed by atoms with Gasteiger partial charge in [-0.2, -0.15) is 0 Å². The number of Topliss-reactive ketones (excluding diaryl/α,β-unsaturated/α-hetero) is 1. The Morgan fingerprint density at radius 3 is 3.00 bits per heavy atom. The van der Waals surface area contributed by atoms with Crippen LogP contribution < -0.4 is 0 Å². The van der Waals surface area contributed by atoms with Gasteiger partial charge in [0.25, 0.3) is 5.91 Å². The molecule has 1 aliphatic rings. The molecule has 0 aliphatic carbocycles. The van der Waals surface area contributed by atoms with Crippen molar-refractivity contribution in [2.45, 2.75) is 12.5 Å². The molecule has 1 amide bonds. The number of rotatable bonds is 4. The maximum Gasteiger partial charge on any atom is 0.270 e. The summed E-state index contributed by atoms with van der Waals surface area (Å²) in [6.07, 6.45) is 0.276. The molecule has 1 N–H and O–H groups in total. The molecular weight excluding hydrogens is 416 g/mol. The number of H-pyrrole nitrogens is 1. The minimum atomic E-state index is -0.246. The Morgan fingerprint density at radius 1 is 1.31 bits per heavy atom. The first-order valence-electron chi connectivity index (χ1n) is 8.35. The average molecular weight is 433 g/mol. The van der Waals surface area contributed by atoms with Gasteiger partial charge in [-0.1, -0.05) is 28.1 Å². The zero-order valence-electron chi connectivity index (χ0n) is 13.9. The van der Waals surface area contributed by atoms with E-state index in [1.54, 1.807) is 4.90 Å². The normalized spacial score (nSPS) is 17.6. The number of hydrogen-bond acceptors (Lipinski definition) is 4. The predicted molar refractivity (Wildman–Crippen MR) is 105 cm³/mol. The standard InChI is InChI=1S/C19H17BrN2O3S/c20-13-4-3-12-8-16(21-15(12)9-13)19(24)22-5-6-25-11-14(22)10-17(23)18-2-1-7-26-18/h1-4,7-9,14,21H,5-6,10-11H2. The molecule has 5 nitrogen and oxygen atoms in total. The second-order valence-electron chi connectivity index (χ2n) is 6.25. The number of hydrogen-bond donors (Lipinski definition) is 1. The average Bonchev–Trinajstić information content (AvgIpc) is 3.31. The van der Waals surface area contributed by atoms with Crippen molar-refractivity contribution in [2.75, 3.05) is 19.8 Å². The molecule has 0 bridgehead atoms. The SMILES string of the molecule is O=C(CC1COCCN1C(=O)c1cc2ccc(Br)cc2[nH]1)c1cccs1. The van der Waals surface area contributed by atoms with Crippen LogP contribution in [0.15, 0.2) is 46.3 Å². The molecule has 134 valence electrons. The first-order chi connectivity index (χ1) is 12.6. The van der Waals surface area contributed by atoms with Gasteiger partial charge in [0, 0.05) is 28.3 Å². The summed E-state index contributed by atoms with van der Waals surface area (Å²) in [6.45, 7) is 1.36. The number of benzene rings is 1. The van der Waals surface area contributed by atoms with Crippen LogP contribution in [0, 0.1) is 0 Å². The fourth-order valence-electron chi connectivity index (χ4n) is 3.21. The van der Waals surface area contributed by atoms with Crippen LogP contribution in [0.4, 0.5) is 0 Å². The second-order valence-corrected chi connectivity index (χ2v) is 8.11. The lowest BCUT2D eigenvalue weighted by Crippen LogP contribution is -2.49. The maximum absolute atomic E-state index is 13.1. The molecule has 1 fully saturated rings. The van der Waals surface area contributed by atoms with E-state index in [4.69, 9.17) is 4.74 Å². The number of aromatic amines is 1. The highest BCUT2D eigenvalue weighted by molar-refractivity contribution is 9.10. The van der Waals surface area contributed by atoms with E-state index >= 15 is 0 Å². The number of thiophene rings is 1. The van der Waals surface area contributed by atoms with Gasteiger partial charge >= 0.3 is 0 Å². The highest BCUT2D eigenvalue weighted by atomic mass is 79.9. The van der Waals surface area contributed by atoms with E-state index in [9.17, 15) is 9.59 Å². The fraction of sp³-hybridized carbons (Fsp3) is 0.263. The quantitative estimate of drug-likeness (QED) is 0.631. The first-order valence-corrected chi connectivity index (χ1v) is 10.0. The molecule has 0 saturated carbocycles. The lowest BCUT2D eigenvalue weighted by molar-refractivity contribution is -0.00302. The summed E-state index contributed by atoms with van der Waals surface area (Å²) in [7, 11) is 0. The van der Waals surface area contributed by atoms with E-state index in [-0.39, 0.29) is 24.2 Å². The number of amides is 1. The zero-order chi connectivity index (χ0) is 18.1. The molecule has 0 spiro atoms. The third-order valence-electron chi connectivity index (χ3n) is 4.52. The summed E-state index contributed by atoms with van der Waals surface area (Å²) in [5.74, 6) is -0.0431. The maximum atomic E-state index is 13.1. The molecule has 3 heterocycles. The Balaban J connectivity index is 1.56.